The number of pyridine rings is 1. The number of halogens is 5. The smallest absolute Gasteiger partial charge is 0.406 e. The van der Waals surface area contributed by atoms with Gasteiger partial charge in [-0.25, -0.2) is 13.8 Å². The first-order valence-corrected chi connectivity index (χ1v) is 12.4. The van der Waals surface area contributed by atoms with Crippen molar-refractivity contribution >= 4 is 17.2 Å². The number of hydrogen-bond donors (Lipinski definition) is 1. The van der Waals surface area contributed by atoms with Crippen LogP contribution >= 0.6 is 0 Å². The van der Waals surface area contributed by atoms with Gasteiger partial charge in [-0.1, -0.05) is 18.2 Å². The molecule has 1 aliphatic heterocycles. The molecule has 1 aliphatic rings. The number of ether oxygens (including phenoxy) is 1. The molecule has 11 heteroatoms. The zero-order valence-electron chi connectivity index (χ0n) is 20.9. The minimum Gasteiger partial charge on any atom is -0.406 e. The fourth-order valence-electron chi connectivity index (χ4n) is 4.99. The van der Waals surface area contributed by atoms with Gasteiger partial charge in [0.2, 0.25) is 0 Å². The summed E-state index contributed by atoms with van der Waals surface area (Å²) in [5.41, 5.74) is 3.02. The lowest BCUT2D eigenvalue weighted by molar-refractivity contribution is -0.274. The Morgan fingerprint density at radius 1 is 1.05 bits per heavy atom. The highest BCUT2D eigenvalue weighted by molar-refractivity contribution is 5.94. The van der Waals surface area contributed by atoms with Gasteiger partial charge in [-0.05, 0) is 67.1 Å². The molecule has 3 heterocycles. The van der Waals surface area contributed by atoms with Crippen LogP contribution in [0.25, 0.3) is 5.65 Å². The van der Waals surface area contributed by atoms with Crippen LogP contribution < -0.4 is 15.0 Å². The first-order valence-electron chi connectivity index (χ1n) is 12.4. The minimum absolute atomic E-state index is 0.0972. The van der Waals surface area contributed by atoms with Crippen molar-refractivity contribution in [3.05, 3.63) is 94.9 Å². The van der Waals surface area contributed by atoms with Crippen molar-refractivity contribution < 1.29 is 31.5 Å². The number of aromatic nitrogens is 2. The maximum Gasteiger partial charge on any atom is 0.573 e. The van der Waals surface area contributed by atoms with Crippen molar-refractivity contribution in [2.45, 2.75) is 38.6 Å². The number of carbonyl (C=O) groups excluding carboxylic acids is 1. The monoisotopic (exact) mass is 544 g/mol. The molecular weight excluding hydrogens is 519 g/mol. The third kappa shape index (κ3) is 5.97. The van der Waals surface area contributed by atoms with Crippen molar-refractivity contribution in [2.24, 2.45) is 0 Å². The molecule has 39 heavy (non-hydrogen) atoms. The van der Waals surface area contributed by atoms with Crippen LogP contribution in [-0.4, -0.2) is 34.7 Å². The fourth-order valence-corrected chi connectivity index (χ4v) is 4.99. The summed E-state index contributed by atoms with van der Waals surface area (Å²) in [6, 6.07) is 13.2. The van der Waals surface area contributed by atoms with E-state index in [1.165, 1.54) is 40.9 Å². The molecule has 1 N–H and O–H groups in total. The number of imidazole rings is 1. The lowest BCUT2D eigenvalue weighted by Crippen LogP contribution is -2.33. The summed E-state index contributed by atoms with van der Waals surface area (Å²) in [5.74, 6) is -1.37. The van der Waals surface area contributed by atoms with E-state index >= 15 is 4.39 Å². The molecule has 0 saturated carbocycles. The highest BCUT2D eigenvalue weighted by Crippen LogP contribution is 2.33. The highest BCUT2D eigenvalue weighted by Gasteiger charge is 2.31. The number of rotatable bonds is 6. The van der Waals surface area contributed by atoms with Crippen LogP contribution in [0.4, 0.5) is 27.6 Å². The number of fused-ring (bicyclic) bond motifs is 1. The number of aryl methyl sites for hydroxylation is 1. The molecule has 1 amide bonds. The molecule has 6 nitrogen and oxygen atoms in total. The van der Waals surface area contributed by atoms with Crippen LogP contribution in [0.2, 0.25) is 0 Å². The van der Waals surface area contributed by atoms with Crippen molar-refractivity contribution in [3.63, 3.8) is 0 Å². The van der Waals surface area contributed by atoms with Gasteiger partial charge < -0.3 is 15.0 Å². The predicted octanol–water partition coefficient (Wildman–Crippen LogP) is 6.13. The van der Waals surface area contributed by atoms with E-state index in [2.05, 4.69) is 15.0 Å². The van der Waals surface area contributed by atoms with Crippen LogP contribution in [0.5, 0.6) is 5.75 Å². The zero-order valence-corrected chi connectivity index (χ0v) is 20.9. The van der Waals surface area contributed by atoms with E-state index in [1.807, 2.05) is 4.90 Å². The first kappa shape index (κ1) is 26.5. The molecule has 0 bridgehead atoms. The lowest BCUT2D eigenvalue weighted by atomic mass is 9.89. The van der Waals surface area contributed by atoms with E-state index < -0.39 is 23.9 Å². The van der Waals surface area contributed by atoms with Crippen LogP contribution in [0.3, 0.4) is 0 Å². The Kier molecular flexibility index (Phi) is 7.16. The number of benzene rings is 2. The average molecular weight is 545 g/mol. The van der Waals surface area contributed by atoms with Gasteiger partial charge >= 0.3 is 6.36 Å². The topological polar surface area (TPSA) is 58.9 Å². The van der Waals surface area contributed by atoms with Gasteiger partial charge in [0.15, 0.2) is 0 Å². The summed E-state index contributed by atoms with van der Waals surface area (Å²) in [5, 5.41) is 2.77. The van der Waals surface area contributed by atoms with Gasteiger partial charge in [0, 0.05) is 31.9 Å². The average Bonchev–Trinajstić information content (AvgIpc) is 3.22. The number of amides is 1. The van der Waals surface area contributed by atoms with E-state index in [0.717, 1.165) is 18.4 Å². The second-order valence-corrected chi connectivity index (χ2v) is 9.47. The van der Waals surface area contributed by atoms with Gasteiger partial charge in [-0.3, -0.25) is 9.20 Å². The first-order chi connectivity index (χ1) is 18.6. The molecule has 0 atom stereocenters. The number of nitrogens with one attached hydrogen (secondary N) is 1. The summed E-state index contributed by atoms with van der Waals surface area (Å²) in [7, 11) is 0. The zero-order chi connectivity index (χ0) is 27.7. The Hall–Kier alpha value is -4.15. The normalized spacial score (nSPS) is 14.6. The van der Waals surface area contributed by atoms with Crippen LogP contribution in [0, 0.1) is 18.6 Å². The van der Waals surface area contributed by atoms with Crippen molar-refractivity contribution in [1.29, 1.82) is 0 Å². The van der Waals surface area contributed by atoms with Crippen molar-refractivity contribution in [1.82, 2.24) is 14.7 Å². The van der Waals surface area contributed by atoms with Gasteiger partial charge in [-0.15, -0.1) is 13.2 Å². The van der Waals surface area contributed by atoms with Gasteiger partial charge in [0.05, 0.1) is 11.4 Å². The largest absolute Gasteiger partial charge is 0.573 e. The number of hydrogen-bond acceptors (Lipinski definition) is 4. The van der Waals surface area contributed by atoms with Crippen LogP contribution in [0.15, 0.2) is 60.8 Å². The molecule has 1 fully saturated rings. The Morgan fingerprint density at radius 3 is 2.44 bits per heavy atom. The lowest BCUT2D eigenvalue weighted by Gasteiger charge is -2.34. The third-order valence-corrected chi connectivity index (χ3v) is 6.86. The fraction of sp³-hybridized carbons (Fsp3) is 0.286. The van der Waals surface area contributed by atoms with Crippen molar-refractivity contribution in [2.75, 3.05) is 18.0 Å². The quantitative estimate of drug-likeness (QED) is 0.297. The van der Waals surface area contributed by atoms with Crippen LogP contribution in [0.1, 0.15) is 46.1 Å². The molecule has 0 unspecified atom stereocenters. The number of alkyl halides is 3. The van der Waals surface area contributed by atoms with Gasteiger partial charge in [-0.2, -0.15) is 0 Å². The van der Waals surface area contributed by atoms with E-state index in [0.29, 0.717) is 35.7 Å². The number of piperidine rings is 1. The van der Waals surface area contributed by atoms with Gasteiger partial charge in [0.1, 0.15) is 28.7 Å². The molecule has 2 aromatic heterocycles. The Balaban J connectivity index is 1.18. The standard InChI is InChI=1S/C28H25F5N4O2/c1-17-26(37-13-10-21(29)15-25(37)35-17)27(38)34-16-18-2-7-24(23(30)14-18)36-11-8-20(9-12-36)19-3-5-22(6-4-19)39-28(31,32)33/h2-7,10,13-15,20H,8-9,11-12,16H2,1H3,(H,34,38). The molecule has 204 valence electrons. The summed E-state index contributed by atoms with van der Waals surface area (Å²) in [4.78, 5) is 19.0. The molecule has 0 spiro atoms. The summed E-state index contributed by atoms with van der Waals surface area (Å²) >= 11 is 0. The SMILES string of the molecule is Cc1nc2cc(F)ccn2c1C(=O)NCc1ccc(N2CCC(c3ccc(OC(F)(F)F)cc3)CC2)c(F)c1. The second-order valence-electron chi connectivity index (χ2n) is 9.47. The molecular formula is C28H25F5N4O2. The van der Waals surface area contributed by atoms with E-state index in [9.17, 15) is 22.4 Å². The highest BCUT2D eigenvalue weighted by atomic mass is 19.4. The number of carbonyl (C=O) groups is 1. The second kappa shape index (κ2) is 10.5. The van der Waals surface area contributed by atoms with Crippen LogP contribution in [-0.2, 0) is 6.54 Å². The summed E-state index contributed by atoms with van der Waals surface area (Å²) in [6.07, 6.45) is -1.85. The maximum absolute atomic E-state index is 15.0. The molecule has 0 radical (unpaired) electrons. The summed E-state index contributed by atoms with van der Waals surface area (Å²) < 4.78 is 71.1. The van der Waals surface area contributed by atoms with Gasteiger partial charge in [0.25, 0.3) is 5.91 Å². The number of anilines is 1. The molecule has 0 aliphatic carbocycles. The molecule has 1 saturated heterocycles. The Bertz CT molecular complexity index is 1490. The van der Waals surface area contributed by atoms with Crippen molar-refractivity contribution in [3.8, 4) is 5.75 Å². The Morgan fingerprint density at radius 2 is 1.77 bits per heavy atom. The summed E-state index contributed by atoms with van der Waals surface area (Å²) in [6.45, 7) is 2.94. The van der Waals surface area contributed by atoms with E-state index in [1.54, 1.807) is 31.2 Å². The Labute approximate surface area is 221 Å². The number of nitrogens with zero attached hydrogens (tertiary/aromatic N) is 3. The molecule has 4 aromatic rings. The third-order valence-electron chi connectivity index (χ3n) is 6.86. The molecule has 2 aromatic carbocycles. The minimum atomic E-state index is -4.73. The van der Waals surface area contributed by atoms with E-state index in [4.69, 9.17) is 0 Å². The van der Waals surface area contributed by atoms with E-state index in [-0.39, 0.29) is 23.9 Å². The maximum atomic E-state index is 15.0. The predicted molar refractivity (Wildman–Crippen MR) is 135 cm³/mol. The molecule has 5 rings (SSSR count).